The van der Waals surface area contributed by atoms with Crippen molar-refractivity contribution in [1.29, 1.82) is 0 Å². The Bertz CT molecular complexity index is 425. The largest absolute Gasteiger partial charge is 0.493 e. The minimum Gasteiger partial charge on any atom is -0.493 e. The summed E-state index contributed by atoms with van der Waals surface area (Å²) in [7, 11) is 1.92. The van der Waals surface area contributed by atoms with Crippen molar-refractivity contribution in [2.75, 3.05) is 13.7 Å². The number of carbonyl (C=O) groups excluding carboxylic acids is 1. The molecule has 3 nitrogen and oxygen atoms in total. The average Bonchev–Trinajstić information content (AvgIpc) is 2.47. The first-order valence-corrected chi connectivity index (χ1v) is 7.23. The molecule has 0 aliphatic heterocycles. The van der Waals surface area contributed by atoms with Crippen LogP contribution in [-0.4, -0.2) is 30.5 Å². The summed E-state index contributed by atoms with van der Waals surface area (Å²) in [5, 5.41) is 0. The highest BCUT2D eigenvalue weighted by Gasteiger charge is 2.24. The highest BCUT2D eigenvalue weighted by molar-refractivity contribution is 5.97. The van der Waals surface area contributed by atoms with Gasteiger partial charge in [-0.25, -0.2) is 0 Å². The normalized spacial score (nSPS) is 16.1. The molecule has 0 N–H and O–H groups in total. The molecular formula is C16H23NO2. The third-order valence-corrected chi connectivity index (χ3v) is 3.86. The van der Waals surface area contributed by atoms with Gasteiger partial charge in [-0.15, -0.1) is 0 Å². The van der Waals surface area contributed by atoms with Crippen LogP contribution in [0.25, 0.3) is 0 Å². The first-order valence-electron chi connectivity index (χ1n) is 7.23. The molecule has 0 saturated heterocycles. The molecule has 0 unspecified atom stereocenters. The van der Waals surface area contributed by atoms with E-state index in [4.69, 9.17) is 4.74 Å². The van der Waals surface area contributed by atoms with Crippen molar-refractivity contribution in [1.82, 2.24) is 4.90 Å². The number of hydrogen-bond acceptors (Lipinski definition) is 2. The summed E-state index contributed by atoms with van der Waals surface area (Å²) in [4.78, 5) is 14.5. The van der Waals surface area contributed by atoms with Gasteiger partial charge >= 0.3 is 0 Å². The Morgan fingerprint density at radius 1 is 1.26 bits per heavy atom. The van der Waals surface area contributed by atoms with Crippen LogP contribution < -0.4 is 4.74 Å². The van der Waals surface area contributed by atoms with Gasteiger partial charge in [0.2, 0.25) is 0 Å². The monoisotopic (exact) mass is 261 g/mol. The maximum Gasteiger partial charge on any atom is 0.257 e. The van der Waals surface area contributed by atoms with E-state index in [2.05, 4.69) is 0 Å². The molecule has 1 amide bonds. The van der Waals surface area contributed by atoms with Gasteiger partial charge in [0.15, 0.2) is 0 Å². The number of nitrogens with zero attached hydrogens (tertiary/aromatic N) is 1. The molecule has 1 aromatic rings. The quantitative estimate of drug-likeness (QED) is 0.830. The van der Waals surface area contributed by atoms with Crippen molar-refractivity contribution in [2.45, 2.75) is 45.1 Å². The van der Waals surface area contributed by atoms with Gasteiger partial charge in [-0.05, 0) is 31.9 Å². The van der Waals surface area contributed by atoms with Crippen LogP contribution in [0.5, 0.6) is 5.75 Å². The lowest BCUT2D eigenvalue weighted by Crippen LogP contribution is -2.38. The zero-order valence-electron chi connectivity index (χ0n) is 11.9. The molecule has 19 heavy (non-hydrogen) atoms. The Labute approximate surface area is 115 Å². The van der Waals surface area contributed by atoms with Crippen molar-refractivity contribution in [2.24, 2.45) is 0 Å². The fraction of sp³-hybridized carbons (Fsp3) is 0.562. The molecule has 104 valence electrons. The van der Waals surface area contributed by atoms with Gasteiger partial charge in [0, 0.05) is 13.1 Å². The molecule has 0 atom stereocenters. The van der Waals surface area contributed by atoms with Crippen molar-refractivity contribution >= 4 is 5.91 Å². The van der Waals surface area contributed by atoms with Crippen LogP contribution in [0, 0.1) is 0 Å². The van der Waals surface area contributed by atoms with Gasteiger partial charge in [0.25, 0.3) is 5.91 Å². The van der Waals surface area contributed by atoms with Crippen molar-refractivity contribution in [3.8, 4) is 5.75 Å². The summed E-state index contributed by atoms with van der Waals surface area (Å²) in [5.74, 6) is 0.772. The number of hydrogen-bond donors (Lipinski definition) is 0. The topological polar surface area (TPSA) is 29.5 Å². The van der Waals surface area contributed by atoms with E-state index in [0.29, 0.717) is 24.0 Å². The third-order valence-electron chi connectivity index (χ3n) is 3.86. The summed E-state index contributed by atoms with van der Waals surface area (Å²) in [6.45, 7) is 2.52. The summed E-state index contributed by atoms with van der Waals surface area (Å²) in [5.41, 5.74) is 0.678. The molecule has 0 spiro atoms. The Hall–Kier alpha value is -1.51. The van der Waals surface area contributed by atoms with Gasteiger partial charge in [0.1, 0.15) is 5.75 Å². The molecule has 1 aliphatic rings. The lowest BCUT2D eigenvalue weighted by atomic mass is 9.94. The van der Waals surface area contributed by atoms with Gasteiger partial charge in [-0.2, -0.15) is 0 Å². The van der Waals surface area contributed by atoms with Crippen molar-refractivity contribution in [3.63, 3.8) is 0 Å². The summed E-state index contributed by atoms with van der Waals surface area (Å²) < 4.78 is 5.55. The molecule has 1 fully saturated rings. The summed E-state index contributed by atoms with van der Waals surface area (Å²) >= 11 is 0. The molecule has 1 saturated carbocycles. The molecule has 0 aromatic heterocycles. The minimum atomic E-state index is 0.0796. The molecule has 3 heteroatoms. The van der Waals surface area contributed by atoms with Gasteiger partial charge in [0.05, 0.1) is 12.2 Å². The van der Waals surface area contributed by atoms with E-state index in [0.717, 1.165) is 12.8 Å². The van der Waals surface area contributed by atoms with Gasteiger partial charge in [-0.3, -0.25) is 4.79 Å². The smallest absolute Gasteiger partial charge is 0.257 e. The number of para-hydroxylation sites is 1. The number of amides is 1. The second-order valence-electron chi connectivity index (χ2n) is 5.14. The van der Waals surface area contributed by atoms with E-state index in [1.165, 1.54) is 19.3 Å². The molecule has 2 rings (SSSR count). The predicted octanol–water partition coefficient (Wildman–Crippen LogP) is 3.49. The number of rotatable bonds is 4. The average molecular weight is 261 g/mol. The van der Waals surface area contributed by atoms with Crippen LogP contribution in [0.1, 0.15) is 49.4 Å². The number of benzene rings is 1. The SMILES string of the molecule is CCOc1ccccc1C(=O)N(C)C1CCCCC1. The Morgan fingerprint density at radius 3 is 2.63 bits per heavy atom. The second-order valence-corrected chi connectivity index (χ2v) is 5.14. The third kappa shape index (κ3) is 3.28. The maximum atomic E-state index is 12.6. The first kappa shape index (κ1) is 13.9. The van der Waals surface area contributed by atoms with E-state index < -0.39 is 0 Å². The van der Waals surface area contributed by atoms with E-state index in [9.17, 15) is 4.79 Å². The van der Waals surface area contributed by atoms with Crippen molar-refractivity contribution < 1.29 is 9.53 Å². The fourth-order valence-corrected chi connectivity index (χ4v) is 2.75. The Kier molecular flexibility index (Phi) is 4.83. The van der Waals surface area contributed by atoms with Crippen LogP contribution in [0.15, 0.2) is 24.3 Å². The van der Waals surface area contributed by atoms with Crippen LogP contribution in [0.3, 0.4) is 0 Å². The number of ether oxygens (including phenoxy) is 1. The Morgan fingerprint density at radius 2 is 1.95 bits per heavy atom. The second kappa shape index (κ2) is 6.60. The minimum absolute atomic E-state index is 0.0796. The standard InChI is InChI=1S/C16H23NO2/c1-3-19-15-12-8-7-11-14(15)16(18)17(2)13-9-5-4-6-10-13/h7-8,11-13H,3-6,9-10H2,1-2H3. The lowest BCUT2D eigenvalue weighted by molar-refractivity contribution is 0.0692. The molecule has 1 aromatic carbocycles. The predicted molar refractivity (Wildman–Crippen MR) is 76.6 cm³/mol. The van der Waals surface area contributed by atoms with Gasteiger partial charge in [-0.1, -0.05) is 31.4 Å². The maximum absolute atomic E-state index is 12.6. The molecule has 0 radical (unpaired) electrons. The highest BCUT2D eigenvalue weighted by Crippen LogP contribution is 2.25. The molecule has 0 bridgehead atoms. The molecule has 1 aliphatic carbocycles. The Balaban J connectivity index is 2.13. The first-order chi connectivity index (χ1) is 9.24. The number of carbonyl (C=O) groups is 1. The fourth-order valence-electron chi connectivity index (χ4n) is 2.75. The van der Waals surface area contributed by atoms with E-state index in [1.807, 2.05) is 43.1 Å². The summed E-state index contributed by atoms with van der Waals surface area (Å²) in [6.07, 6.45) is 6.01. The zero-order valence-corrected chi connectivity index (χ0v) is 11.9. The van der Waals surface area contributed by atoms with E-state index >= 15 is 0 Å². The van der Waals surface area contributed by atoms with Crippen LogP contribution in [0.2, 0.25) is 0 Å². The van der Waals surface area contributed by atoms with Crippen molar-refractivity contribution in [3.05, 3.63) is 29.8 Å². The molecule has 0 heterocycles. The summed E-state index contributed by atoms with van der Waals surface area (Å²) in [6, 6.07) is 7.90. The van der Waals surface area contributed by atoms with E-state index in [1.54, 1.807) is 0 Å². The van der Waals surface area contributed by atoms with Crippen LogP contribution in [0.4, 0.5) is 0 Å². The van der Waals surface area contributed by atoms with Crippen LogP contribution in [-0.2, 0) is 0 Å². The molecular weight excluding hydrogens is 238 g/mol. The zero-order chi connectivity index (χ0) is 13.7. The van der Waals surface area contributed by atoms with Gasteiger partial charge < -0.3 is 9.64 Å². The van der Waals surface area contributed by atoms with E-state index in [-0.39, 0.29) is 5.91 Å². The lowest BCUT2D eigenvalue weighted by Gasteiger charge is -2.31. The highest BCUT2D eigenvalue weighted by atomic mass is 16.5. The van der Waals surface area contributed by atoms with Crippen LogP contribution >= 0.6 is 0 Å².